The number of hydrogen-bond donors (Lipinski definition) is 2. The fourth-order valence-electron chi connectivity index (χ4n) is 3.09. The highest BCUT2D eigenvalue weighted by molar-refractivity contribution is 6.00. The summed E-state index contributed by atoms with van der Waals surface area (Å²) in [6.45, 7) is 3.79. The summed E-state index contributed by atoms with van der Waals surface area (Å²) in [6, 6.07) is 3.97. The van der Waals surface area contributed by atoms with Gasteiger partial charge in [0.25, 0.3) is 0 Å². The molecule has 0 saturated carbocycles. The molecule has 0 bridgehead atoms. The van der Waals surface area contributed by atoms with Gasteiger partial charge in [0.05, 0.1) is 12.5 Å². The van der Waals surface area contributed by atoms with E-state index in [4.69, 9.17) is 13.9 Å². The van der Waals surface area contributed by atoms with Gasteiger partial charge in [-0.25, -0.2) is 0 Å². The third-order valence-corrected chi connectivity index (χ3v) is 4.22. The molecule has 0 aliphatic carbocycles. The highest BCUT2D eigenvalue weighted by Gasteiger charge is 2.28. The first-order valence-electron chi connectivity index (χ1n) is 7.72. The molecule has 0 fully saturated rings. The van der Waals surface area contributed by atoms with Gasteiger partial charge in [0.2, 0.25) is 5.43 Å². The van der Waals surface area contributed by atoms with Crippen molar-refractivity contribution in [2.45, 2.75) is 19.4 Å². The summed E-state index contributed by atoms with van der Waals surface area (Å²) in [5, 5.41) is 20.0. The van der Waals surface area contributed by atoms with Crippen molar-refractivity contribution >= 4 is 28.0 Å². The lowest BCUT2D eigenvalue weighted by Gasteiger charge is -2.29. The zero-order valence-corrected chi connectivity index (χ0v) is 13.9. The van der Waals surface area contributed by atoms with Crippen LogP contribution < -0.4 is 14.9 Å². The van der Waals surface area contributed by atoms with Crippen molar-refractivity contribution in [1.29, 1.82) is 0 Å². The van der Waals surface area contributed by atoms with E-state index in [9.17, 15) is 15.0 Å². The van der Waals surface area contributed by atoms with Gasteiger partial charge in [-0.1, -0.05) is 6.08 Å². The van der Waals surface area contributed by atoms with Crippen LogP contribution in [0.1, 0.15) is 19.4 Å². The molecule has 0 amide bonds. The summed E-state index contributed by atoms with van der Waals surface area (Å²) in [5.74, 6) is 0.359. The first kappa shape index (κ1) is 15.4. The summed E-state index contributed by atoms with van der Waals surface area (Å²) in [5.41, 5.74) is -0.0275. The van der Waals surface area contributed by atoms with E-state index in [1.165, 1.54) is 13.2 Å². The molecule has 128 valence electrons. The fourth-order valence-corrected chi connectivity index (χ4v) is 3.09. The highest BCUT2D eigenvalue weighted by Crippen LogP contribution is 2.43. The molecule has 2 aromatic carbocycles. The van der Waals surface area contributed by atoms with Gasteiger partial charge in [0.15, 0.2) is 11.5 Å². The van der Waals surface area contributed by atoms with Crippen molar-refractivity contribution in [3.05, 3.63) is 40.1 Å². The van der Waals surface area contributed by atoms with E-state index >= 15 is 0 Å². The van der Waals surface area contributed by atoms with Crippen LogP contribution in [0.4, 0.5) is 0 Å². The van der Waals surface area contributed by atoms with Gasteiger partial charge in [0, 0.05) is 23.8 Å². The van der Waals surface area contributed by atoms with Crippen LogP contribution in [-0.4, -0.2) is 22.9 Å². The number of fused-ring (bicyclic) bond motifs is 4. The number of ether oxygens (including phenoxy) is 2. The quantitative estimate of drug-likeness (QED) is 0.659. The van der Waals surface area contributed by atoms with Crippen molar-refractivity contribution in [3.8, 4) is 23.0 Å². The summed E-state index contributed by atoms with van der Waals surface area (Å²) in [6.07, 6.45) is 3.64. The monoisotopic (exact) mass is 340 g/mol. The number of methoxy groups -OCH3 is 1. The standard InChI is InChI=1S/C19H16O6/c1-19(2)5-4-10-15-13(8-14(23-3)18(10)25-19)24-12-7-9(20)6-11(21)16(12)17(15)22/h4-8,20-21H,1-3H3. The second-order valence-corrected chi connectivity index (χ2v) is 6.50. The maximum absolute atomic E-state index is 13.0. The predicted octanol–water partition coefficient (Wildman–Crippen LogP) is 3.55. The molecule has 0 saturated heterocycles. The summed E-state index contributed by atoms with van der Waals surface area (Å²) < 4.78 is 17.1. The third kappa shape index (κ3) is 2.21. The van der Waals surface area contributed by atoms with E-state index in [0.29, 0.717) is 17.1 Å². The lowest BCUT2D eigenvalue weighted by Crippen LogP contribution is -2.28. The largest absolute Gasteiger partial charge is 0.508 e. The van der Waals surface area contributed by atoms with Gasteiger partial charge in [-0.15, -0.1) is 0 Å². The molecule has 0 unspecified atom stereocenters. The van der Waals surface area contributed by atoms with Crippen LogP contribution >= 0.6 is 0 Å². The van der Waals surface area contributed by atoms with Gasteiger partial charge in [0.1, 0.15) is 33.7 Å². The zero-order valence-electron chi connectivity index (χ0n) is 13.9. The molecule has 2 heterocycles. The summed E-state index contributed by atoms with van der Waals surface area (Å²) in [4.78, 5) is 13.0. The maximum Gasteiger partial charge on any atom is 0.205 e. The van der Waals surface area contributed by atoms with Crippen molar-refractivity contribution in [1.82, 2.24) is 0 Å². The molecule has 4 rings (SSSR count). The van der Waals surface area contributed by atoms with E-state index in [1.807, 2.05) is 19.9 Å². The minimum atomic E-state index is -0.543. The smallest absolute Gasteiger partial charge is 0.205 e. The number of aromatic hydroxyl groups is 2. The Kier molecular flexibility index (Phi) is 3.03. The number of phenolic OH excluding ortho intramolecular Hbond substituents is 2. The average Bonchev–Trinajstić information content (AvgIpc) is 2.52. The van der Waals surface area contributed by atoms with E-state index in [-0.39, 0.29) is 33.4 Å². The Hall–Kier alpha value is -3.15. The molecule has 1 aliphatic heterocycles. The number of phenols is 2. The molecular formula is C19H16O6. The number of benzene rings is 2. The van der Waals surface area contributed by atoms with Crippen molar-refractivity contribution in [3.63, 3.8) is 0 Å². The molecule has 25 heavy (non-hydrogen) atoms. The van der Waals surface area contributed by atoms with Crippen LogP contribution in [0.2, 0.25) is 0 Å². The van der Waals surface area contributed by atoms with Gasteiger partial charge < -0.3 is 24.1 Å². The van der Waals surface area contributed by atoms with Crippen LogP contribution in [0.15, 0.2) is 33.5 Å². The Labute approximate surface area is 142 Å². The third-order valence-electron chi connectivity index (χ3n) is 4.22. The molecule has 1 aliphatic rings. The number of hydrogen-bond acceptors (Lipinski definition) is 6. The maximum atomic E-state index is 13.0. The Morgan fingerprint density at radius 2 is 1.80 bits per heavy atom. The fraction of sp³-hybridized carbons (Fsp3) is 0.211. The first-order chi connectivity index (χ1) is 11.8. The Morgan fingerprint density at radius 3 is 2.52 bits per heavy atom. The lowest BCUT2D eigenvalue weighted by atomic mass is 9.98. The van der Waals surface area contributed by atoms with Crippen LogP contribution in [0.3, 0.4) is 0 Å². The Bertz CT molecular complexity index is 1120. The topological polar surface area (TPSA) is 89.1 Å². The average molecular weight is 340 g/mol. The minimum Gasteiger partial charge on any atom is -0.508 e. The van der Waals surface area contributed by atoms with E-state index in [0.717, 1.165) is 6.07 Å². The van der Waals surface area contributed by atoms with Gasteiger partial charge in [-0.3, -0.25) is 4.79 Å². The normalized spacial score (nSPS) is 15.2. The Balaban J connectivity index is 2.20. The van der Waals surface area contributed by atoms with Gasteiger partial charge in [-0.05, 0) is 19.9 Å². The Morgan fingerprint density at radius 1 is 1.08 bits per heavy atom. The van der Waals surface area contributed by atoms with Crippen LogP contribution in [-0.2, 0) is 0 Å². The van der Waals surface area contributed by atoms with Gasteiger partial charge in [-0.2, -0.15) is 0 Å². The van der Waals surface area contributed by atoms with Crippen LogP contribution in [0.5, 0.6) is 23.0 Å². The van der Waals surface area contributed by atoms with Crippen molar-refractivity contribution in [2.75, 3.05) is 7.11 Å². The summed E-state index contributed by atoms with van der Waals surface area (Å²) in [7, 11) is 1.51. The molecule has 2 N–H and O–H groups in total. The molecule has 1 aromatic heterocycles. The molecule has 0 atom stereocenters. The molecule has 0 radical (unpaired) electrons. The van der Waals surface area contributed by atoms with E-state index < -0.39 is 11.0 Å². The molecular weight excluding hydrogens is 324 g/mol. The van der Waals surface area contributed by atoms with Gasteiger partial charge >= 0.3 is 0 Å². The molecule has 3 aromatic rings. The zero-order chi connectivity index (χ0) is 17.9. The first-order valence-corrected chi connectivity index (χ1v) is 7.72. The summed E-state index contributed by atoms with van der Waals surface area (Å²) >= 11 is 0. The van der Waals surface area contributed by atoms with Crippen LogP contribution in [0.25, 0.3) is 28.0 Å². The minimum absolute atomic E-state index is 0.0101. The van der Waals surface area contributed by atoms with Crippen molar-refractivity contribution in [2.24, 2.45) is 0 Å². The number of rotatable bonds is 1. The van der Waals surface area contributed by atoms with E-state index in [2.05, 4.69) is 0 Å². The highest BCUT2D eigenvalue weighted by atomic mass is 16.5. The second kappa shape index (κ2) is 4.92. The predicted molar refractivity (Wildman–Crippen MR) is 93.6 cm³/mol. The second-order valence-electron chi connectivity index (χ2n) is 6.50. The van der Waals surface area contributed by atoms with E-state index in [1.54, 1.807) is 12.1 Å². The molecule has 0 spiro atoms. The molecule has 6 heteroatoms. The SMILES string of the molecule is COc1cc2oc3cc(O)cc(O)c3c(=O)c2c2c1OC(C)(C)C=C2. The molecule has 6 nitrogen and oxygen atoms in total. The van der Waals surface area contributed by atoms with Crippen molar-refractivity contribution < 1.29 is 24.1 Å². The lowest BCUT2D eigenvalue weighted by molar-refractivity contribution is 0.152. The van der Waals surface area contributed by atoms with Crippen LogP contribution in [0, 0.1) is 0 Å².